The van der Waals surface area contributed by atoms with Crippen LogP contribution in [0.3, 0.4) is 0 Å². The van der Waals surface area contributed by atoms with Crippen LogP contribution in [0.15, 0.2) is 18.2 Å². The third kappa shape index (κ3) is 6.86. The molecule has 0 aromatic heterocycles. The number of nitrogens with one attached hydrogen (secondary N) is 1. The molecule has 1 amide bonds. The summed E-state index contributed by atoms with van der Waals surface area (Å²) in [5, 5.41) is 3.11. The first-order valence-corrected chi connectivity index (χ1v) is 10.1. The van der Waals surface area contributed by atoms with Gasteiger partial charge < -0.3 is 20.9 Å². The van der Waals surface area contributed by atoms with Gasteiger partial charge in [0, 0.05) is 43.0 Å². The number of hydrogen-bond acceptors (Lipinski definition) is 4. The van der Waals surface area contributed by atoms with Crippen molar-refractivity contribution < 1.29 is 9.18 Å². The molecule has 1 aliphatic carbocycles. The Morgan fingerprint density at radius 3 is 2.43 bits per heavy atom. The quantitative estimate of drug-likeness (QED) is 0.678. The predicted octanol–water partition coefficient (Wildman–Crippen LogP) is 3.93. The minimum absolute atomic E-state index is 0. The molecule has 0 bridgehead atoms. The van der Waals surface area contributed by atoms with Gasteiger partial charge in [0.15, 0.2) is 0 Å². The van der Waals surface area contributed by atoms with Crippen molar-refractivity contribution in [1.82, 2.24) is 10.2 Å². The molecule has 1 aliphatic heterocycles. The van der Waals surface area contributed by atoms with E-state index in [1.165, 1.54) is 6.07 Å². The maximum absolute atomic E-state index is 14.0. The van der Waals surface area contributed by atoms with Crippen molar-refractivity contribution in [2.75, 3.05) is 38.1 Å². The first kappa shape index (κ1) is 29.2. The third-order valence-electron chi connectivity index (χ3n) is 6.23. The monoisotopic (exact) mass is 484 g/mol. The van der Waals surface area contributed by atoms with E-state index in [-0.39, 0.29) is 60.9 Å². The summed E-state index contributed by atoms with van der Waals surface area (Å²) in [5.41, 5.74) is 7.77. The van der Waals surface area contributed by atoms with Crippen LogP contribution in [0.25, 0.3) is 0 Å². The Morgan fingerprint density at radius 1 is 1.20 bits per heavy atom. The molecule has 3 rings (SSSR count). The first-order valence-electron chi connectivity index (χ1n) is 10.1. The fraction of sp³-hybridized carbons (Fsp3) is 0.667. The molecule has 1 heterocycles. The number of nitrogens with zero attached hydrogens (tertiary/aromatic N) is 2. The summed E-state index contributed by atoms with van der Waals surface area (Å²) in [6.45, 7) is 7.66. The zero-order chi connectivity index (χ0) is 19.6. The molecule has 9 heteroatoms. The molecular weight excluding hydrogens is 450 g/mol. The molecule has 3 atom stereocenters. The number of likely N-dealkylation sites (N-methyl/N-ethyl adjacent to an activating group) is 1. The van der Waals surface area contributed by atoms with Gasteiger partial charge in [0.25, 0.3) is 0 Å². The number of carbonyl (C=O) groups is 1. The van der Waals surface area contributed by atoms with E-state index in [1.54, 1.807) is 6.07 Å². The number of nitrogens with two attached hydrogens (primary N) is 1. The van der Waals surface area contributed by atoms with Gasteiger partial charge in [-0.3, -0.25) is 4.79 Å². The molecule has 1 saturated carbocycles. The van der Waals surface area contributed by atoms with E-state index >= 15 is 0 Å². The minimum Gasteiger partial charge on any atom is -0.369 e. The van der Waals surface area contributed by atoms with Crippen LogP contribution < -0.4 is 16.0 Å². The summed E-state index contributed by atoms with van der Waals surface area (Å²) in [6.07, 6.45) is 3.79. The molecule has 3 N–H and O–H groups in total. The van der Waals surface area contributed by atoms with Crippen molar-refractivity contribution in [2.24, 2.45) is 11.7 Å². The van der Waals surface area contributed by atoms with Crippen LogP contribution in [-0.4, -0.2) is 49.6 Å². The Hall–Kier alpha value is -0.790. The van der Waals surface area contributed by atoms with Crippen molar-refractivity contribution in [3.05, 3.63) is 29.6 Å². The third-order valence-corrected chi connectivity index (χ3v) is 6.23. The first-order chi connectivity index (χ1) is 12.8. The van der Waals surface area contributed by atoms with E-state index in [4.69, 9.17) is 5.73 Å². The maximum atomic E-state index is 14.0. The number of hydrogen-bond donors (Lipinski definition) is 2. The number of carbonyl (C=O) groups excluding carboxylic acids is 1. The van der Waals surface area contributed by atoms with Crippen molar-refractivity contribution in [3.63, 3.8) is 0 Å². The van der Waals surface area contributed by atoms with E-state index in [1.807, 2.05) is 19.9 Å². The molecule has 2 aliphatic rings. The lowest BCUT2D eigenvalue weighted by atomic mass is 9.74. The van der Waals surface area contributed by atoms with Gasteiger partial charge in [-0.05, 0) is 51.9 Å². The highest BCUT2D eigenvalue weighted by molar-refractivity contribution is 5.86. The second-order valence-electron chi connectivity index (χ2n) is 8.53. The van der Waals surface area contributed by atoms with Gasteiger partial charge in [-0.25, -0.2) is 4.39 Å². The Labute approximate surface area is 198 Å². The van der Waals surface area contributed by atoms with Crippen LogP contribution in [0.1, 0.15) is 51.1 Å². The van der Waals surface area contributed by atoms with Gasteiger partial charge >= 0.3 is 0 Å². The minimum atomic E-state index is -0.468. The number of halogens is 4. The molecule has 3 unspecified atom stereocenters. The molecular formula is C21H36Cl3FN4O. The van der Waals surface area contributed by atoms with Crippen LogP contribution >= 0.6 is 37.2 Å². The van der Waals surface area contributed by atoms with Crippen molar-refractivity contribution >= 4 is 48.8 Å². The second-order valence-corrected chi connectivity index (χ2v) is 8.53. The molecule has 0 radical (unpaired) electrons. The molecule has 1 aromatic rings. The van der Waals surface area contributed by atoms with Crippen LogP contribution in [0.2, 0.25) is 0 Å². The lowest BCUT2D eigenvalue weighted by Gasteiger charge is -2.38. The molecule has 30 heavy (non-hydrogen) atoms. The van der Waals surface area contributed by atoms with Gasteiger partial charge in [0.2, 0.25) is 5.91 Å². The lowest BCUT2D eigenvalue weighted by Crippen LogP contribution is -2.53. The van der Waals surface area contributed by atoms with Crippen molar-refractivity contribution in [1.29, 1.82) is 0 Å². The lowest BCUT2D eigenvalue weighted by molar-refractivity contribution is -0.128. The topological polar surface area (TPSA) is 61.6 Å². The van der Waals surface area contributed by atoms with Crippen LogP contribution in [-0.2, 0) is 4.79 Å². The summed E-state index contributed by atoms with van der Waals surface area (Å²) in [7, 11) is 2.11. The second kappa shape index (κ2) is 12.3. The average molecular weight is 486 g/mol. The fourth-order valence-corrected chi connectivity index (χ4v) is 4.39. The van der Waals surface area contributed by atoms with E-state index in [9.17, 15) is 9.18 Å². The zero-order valence-electron chi connectivity index (χ0n) is 18.0. The molecule has 2 fully saturated rings. The smallest absolute Gasteiger partial charge is 0.225 e. The Morgan fingerprint density at radius 2 is 1.83 bits per heavy atom. The Balaban J connectivity index is 0.00000280. The SMILES string of the molecule is CC(NC(=O)C1CCCCC1(C)N)c1cc(F)ccc1N1CCN(C)CC1.Cl.Cl.Cl. The number of anilines is 1. The number of rotatable bonds is 4. The summed E-state index contributed by atoms with van der Waals surface area (Å²) < 4.78 is 14.0. The van der Waals surface area contributed by atoms with E-state index < -0.39 is 5.54 Å². The normalized spacial score (nSPS) is 25.2. The highest BCUT2D eigenvalue weighted by Gasteiger charge is 2.38. The molecule has 0 spiro atoms. The molecule has 1 saturated heterocycles. The highest BCUT2D eigenvalue weighted by atomic mass is 35.5. The van der Waals surface area contributed by atoms with E-state index in [0.29, 0.717) is 0 Å². The largest absolute Gasteiger partial charge is 0.369 e. The molecule has 174 valence electrons. The van der Waals surface area contributed by atoms with Gasteiger partial charge in [0.05, 0.1) is 12.0 Å². The van der Waals surface area contributed by atoms with Gasteiger partial charge in [0.1, 0.15) is 5.82 Å². The fourth-order valence-electron chi connectivity index (χ4n) is 4.39. The number of amides is 1. The van der Waals surface area contributed by atoms with Crippen LogP contribution in [0.4, 0.5) is 10.1 Å². The standard InChI is InChI=1S/C21H33FN4O.3ClH/c1-15(24-20(27)18-6-4-5-9-21(18,2)23)17-14-16(22)7-8-19(17)26-12-10-25(3)11-13-26;;;/h7-8,14-15,18H,4-6,9-13,23H2,1-3H3,(H,24,27);3*1H. The average Bonchev–Trinajstić information content (AvgIpc) is 2.62. The maximum Gasteiger partial charge on any atom is 0.225 e. The molecule has 5 nitrogen and oxygen atoms in total. The predicted molar refractivity (Wildman–Crippen MR) is 129 cm³/mol. The number of benzene rings is 1. The van der Waals surface area contributed by atoms with Crippen LogP contribution in [0.5, 0.6) is 0 Å². The van der Waals surface area contributed by atoms with Crippen molar-refractivity contribution in [2.45, 2.75) is 51.1 Å². The van der Waals surface area contributed by atoms with Gasteiger partial charge in [-0.15, -0.1) is 37.2 Å². The molecule has 1 aromatic carbocycles. The number of piperazine rings is 1. The Bertz CT molecular complexity index is 684. The summed E-state index contributed by atoms with van der Waals surface area (Å²) in [6, 6.07) is 4.64. The van der Waals surface area contributed by atoms with Gasteiger partial charge in [-0.2, -0.15) is 0 Å². The summed E-state index contributed by atoms with van der Waals surface area (Å²) in [5.74, 6) is -0.472. The van der Waals surface area contributed by atoms with Crippen molar-refractivity contribution in [3.8, 4) is 0 Å². The van der Waals surface area contributed by atoms with E-state index in [0.717, 1.165) is 63.1 Å². The zero-order valence-corrected chi connectivity index (χ0v) is 20.5. The highest BCUT2D eigenvalue weighted by Crippen LogP contribution is 2.33. The Kier molecular flexibility index (Phi) is 12.0. The van der Waals surface area contributed by atoms with E-state index in [2.05, 4.69) is 22.2 Å². The van der Waals surface area contributed by atoms with Gasteiger partial charge in [-0.1, -0.05) is 12.8 Å². The summed E-state index contributed by atoms with van der Waals surface area (Å²) in [4.78, 5) is 17.5. The summed E-state index contributed by atoms with van der Waals surface area (Å²) >= 11 is 0. The van der Waals surface area contributed by atoms with Crippen LogP contribution in [0, 0.1) is 11.7 Å².